The minimum absolute atomic E-state index is 0.00723. The Bertz CT molecular complexity index is 1280. The van der Waals surface area contributed by atoms with Crippen molar-refractivity contribution in [3.8, 4) is 5.75 Å². The molecule has 5 rings (SSSR count). The Kier molecular flexibility index (Phi) is 7.34. The fourth-order valence-corrected chi connectivity index (χ4v) is 5.05. The molecule has 3 heterocycles. The number of hydrogen-bond acceptors (Lipinski definition) is 6. The fourth-order valence-electron chi connectivity index (χ4n) is 4.87. The number of aromatic nitrogens is 2. The van der Waals surface area contributed by atoms with Crippen LogP contribution in [0.25, 0.3) is 10.9 Å². The van der Waals surface area contributed by atoms with Gasteiger partial charge in [-0.05, 0) is 61.1 Å². The molecule has 0 saturated carbocycles. The molecule has 2 aliphatic heterocycles. The number of rotatable bonds is 7. The largest absolute Gasteiger partial charge is 0.488 e. The van der Waals surface area contributed by atoms with E-state index in [-0.39, 0.29) is 17.0 Å². The van der Waals surface area contributed by atoms with Gasteiger partial charge in [0.25, 0.3) is 0 Å². The summed E-state index contributed by atoms with van der Waals surface area (Å²) in [5.41, 5.74) is 2.38. The number of carbonyl (C=O) groups excluding carboxylic acids is 1. The SMILES string of the molecule is C=CC(=O)N1CCCC(Cc2cc3c(Nc4ccc(F)c(Cl)c4)ncnc3cc2OC2CCOC2)C1. The van der Waals surface area contributed by atoms with Crippen LogP contribution in [0.15, 0.2) is 49.3 Å². The molecule has 0 radical (unpaired) electrons. The summed E-state index contributed by atoms with van der Waals surface area (Å²) in [5, 5.41) is 4.09. The number of fused-ring (bicyclic) bond motifs is 1. The van der Waals surface area contributed by atoms with Crippen molar-refractivity contribution in [2.24, 2.45) is 5.92 Å². The van der Waals surface area contributed by atoms with Crippen molar-refractivity contribution >= 4 is 39.9 Å². The van der Waals surface area contributed by atoms with E-state index < -0.39 is 5.82 Å². The first-order valence-electron chi connectivity index (χ1n) is 12.2. The normalized spacial score (nSPS) is 19.9. The van der Waals surface area contributed by atoms with Crippen LogP contribution in [0.4, 0.5) is 15.9 Å². The highest BCUT2D eigenvalue weighted by molar-refractivity contribution is 6.31. The number of amides is 1. The van der Waals surface area contributed by atoms with Crippen LogP contribution >= 0.6 is 11.6 Å². The van der Waals surface area contributed by atoms with Crippen molar-refractivity contribution in [2.45, 2.75) is 31.8 Å². The van der Waals surface area contributed by atoms with Crippen LogP contribution in [0.5, 0.6) is 5.75 Å². The number of hydrogen-bond donors (Lipinski definition) is 1. The maximum atomic E-state index is 13.6. The van der Waals surface area contributed by atoms with Gasteiger partial charge in [0.15, 0.2) is 0 Å². The van der Waals surface area contributed by atoms with Gasteiger partial charge in [-0.25, -0.2) is 14.4 Å². The summed E-state index contributed by atoms with van der Waals surface area (Å²) in [6, 6.07) is 8.46. The number of piperidine rings is 1. The molecule has 2 aliphatic rings. The van der Waals surface area contributed by atoms with Crippen molar-refractivity contribution < 1.29 is 18.7 Å². The Labute approximate surface area is 214 Å². The smallest absolute Gasteiger partial charge is 0.245 e. The number of likely N-dealkylation sites (tertiary alicyclic amines) is 1. The first-order valence-corrected chi connectivity index (χ1v) is 12.5. The predicted molar refractivity (Wildman–Crippen MR) is 137 cm³/mol. The lowest BCUT2D eigenvalue weighted by Gasteiger charge is -2.32. The standard InChI is InChI=1S/C27H28ClFN4O3/c1-2-26(34)33-8-3-4-17(14-33)10-18-11-21-24(13-25(18)36-20-7-9-35-15-20)30-16-31-27(21)32-19-5-6-23(29)22(28)12-19/h2,5-6,11-13,16-17,20H,1,3-4,7-10,14-15H2,(H,30,31,32). The maximum Gasteiger partial charge on any atom is 0.245 e. The van der Waals surface area contributed by atoms with Crippen molar-refractivity contribution in [3.05, 3.63) is 65.7 Å². The Morgan fingerprint density at radius 2 is 2.19 bits per heavy atom. The summed E-state index contributed by atoms with van der Waals surface area (Å²) in [6.07, 6.45) is 6.41. The van der Waals surface area contributed by atoms with Gasteiger partial charge in [0.05, 0.1) is 23.8 Å². The van der Waals surface area contributed by atoms with Crippen LogP contribution in [-0.2, 0) is 16.0 Å². The number of halogens is 2. The minimum Gasteiger partial charge on any atom is -0.488 e. The van der Waals surface area contributed by atoms with Crippen LogP contribution in [0.2, 0.25) is 5.02 Å². The summed E-state index contributed by atoms with van der Waals surface area (Å²) in [4.78, 5) is 23.0. The van der Waals surface area contributed by atoms with E-state index in [0.717, 1.165) is 54.4 Å². The topological polar surface area (TPSA) is 76.6 Å². The maximum absolute atomic E-state index is 13.6. The molecule has 3 aromatic rings. The molecule has 2 saturated heterocycles. The second kappa shape index (κ2) is 10.8. The molecule has 2 aromatic carbocycles. The molecule has 7 nitrogen and oxygen atoms in total. The number of nitrogens with one attached hydrogen (secondary N) is 1. The lowest BCUT2D eigenvalue weighted by atomic mass is 9.90. The highest BCUT2D eigenvalue weighted by Gasteiger charge is 2.25. The highest BCUT2D eigenvalue weighted by atomic mass is 35.5. The predicted octanol–water partition coefficient (Wildman–Crippen LogP) is 5.30. The van der Waals surface area contributed by atoms with Crippen molar-refractivity contribution in [1.82, 2.24) is 14.9 Å². The lowest BCUT2D eigenvalue weighted by Crippen LogP contribution is -2.39. The number of anilines is 2. The summed E-state index contributed by atoms with van der Waals surface area (Å²) >= 11 is 5.97. The fraction of sp³-hybridized carbons (Fsp3) is 0.370. The summed E-state index contributed by atoms with van der Waals surface area (Å²) in [5.74, 6) is 1.15. The summed E-state index contributed by atoms with van der Waals surface area (Å²) in [7, 11) is 0. The molecule has 1 amide bonds. The third-order valence-corrected chi connectivity index (χ3v) is 6.98. The van der Waals surface area contributed by atoms with E-state index in [2.05, 4.69) is 27.9 Å². The minimum atomic E-state index is -0.480. The van der Waals surface area contributed by atoms with E-state index >= 15 is 0 Å². The van der Waals surface area contributed by atoms with Crippen LogP contribution in [0.3, 0.4) is 0 Å². The average Bonchev–Trinajstić information content (AvgIpc) is 3.40. The van der Waals surface area contributed by atoms with E-state index in [0.29, 0.717) is 37.2 Å². The molecule has 0 spiro atoms. The second-order valence-corrected chi connectivity index (χ2v) is 9.66. The quantitative estimate of drug-likeness (QED) is 0.435. The van der Waals surface area contributed by atoms with Gasteiger partial charge < -0.3 is 19.7 Å². The zero-order chi connectivity index (χ0) is 25.1. The third-order valence-electron chi connectivity index (χ3n) is 6.70. The van der Waals surface area contributed by atoms with Crippen LogP contribution in [0, 0.1) is 11.7 Å². The lowest BCUT2D eigenvalue weighted by molar-refractivity contribution is -0.127. The average molecular weight is 511 g/mol. The molecule has 2 unspecified atom stereocenters. The molecule has 1 N–H and O–H groups in total. The molecule has 188 valence electrons. The molecule has 2 atom stereocenters. The van der Waals surface area contributed by atoms with Gasteiger partial charge in [-0.3, -0.25) is 4.79 Å². The van der Waals surface area contributed by atoms with Gasteiger partial charge in [-0.15, -0.1) is 0 Å². The van der Waals surface area contributed by atoms with E-state index in [9.17, 15) is 9.18 Å². The van der Waals surface area contributed by atoms with Gasteiger partial charge in [0.1, 0.15) is 29.8 Å². The molecule has 0 aliphatic carbocycles. The summed E-state index contributed by atoms with van der Waals surface area (Å²) < 4.78 is 25.5. The van der Waals surface area contributed by atoms with Gasteiger partial charge >= 0.3 is 0 Å². The van der Waals surface area contributed by atoms with Gasteiger partial charge in [0, 0.05) is 36.7 Å². The third kappa shape index (κ3) is 5.44. The number of benzene rings is 2. The van der Waals surface area contributed by atoms with Gasteiger partial charge in [0.2, 0.25) is 5.91 Å². The van der Waals surface area contributed by atoms with Crippen LogP contribution in [0.1, 0.15) is 24.8 Å². The number of nitrogens with zero attached hydrogens (tertiary/aromatic N) is 3. The molecule has 0 bridgehead atoms. The molecule has 2 fully saturated rings. The zero-order valence-corrected chi connectivity index (χ0v) is 20.6. The second-order valence-electron chi connectivity index (χ2n) is 9.26. The highest BCUT2D eigenvalue weighted by Crippen LogP contribution is 2.34. The Morgan fingerprint density at radius 3 is 2.97 bits per heavy atom. The van der Waals surface area contributed by atoms with Gasteiger partial charge in [-0.1, -0.05) is 18.2 Å². The Balaban J connectivity index is 1.48. The van der Waals surface area contributed by atoms with Crippen molar-refractivity contribution in [1.29, 1.82) is 0 Å². The van der Waals surface area contributed by atoms with E-state index in [1.807, 2.05) is 11.0 Å². The van der Waals surface area contributed by atoms with Crippen molar-refractivity contribution in [3.63, 3.8) is 0 Å². The van der Waals surface area contributed by atoms with E-state index in [1.165, 1.54) is 24.5 Å². The Morgan fingerprint density at radius 1 is 1.31 bits per heavy atom. The van der Waals surface area contributed by atoms with Crippen molar-refractivity contribution in [2.75, 3.05) is 31.6 Å². The Hall–Kier alpha value is -3.23. The molecular formula is C27H28ClFN4O3. The molecule has 36 heavy (non-hydrogen) atoms. The van der Waals surface area contributed by atoms with E-state index in [4.69, 9.17) is 21.1 Å². The van der Waals surface area contributed by atoms with Crippen LogP contribution < -0.4 is 10.1 Å². The van der Waals surface area contributed by atoms with E-state index in [1.54, 1.807) is 6.07 Å². The molecule has 9 heteroatoms. The monoisotopic (exact) mass is 510 g/mol. The van der Waals surface area contributed by atoms with Gasteiger partial charge in [-0.2, -0.15) is 0 Å². The number of carbonyl (C=O) groups is 1. The molecule has 1 aromatic heterocycles. The van der Waals surface area contributed by atoms with Crippen LogP contribution in [-0.4, -0.2) is 53.2 Å². The zero-order valence-electron chi connectivity index (χ0n) is 19.9. The first-order chi connectivity index (χ1) is 17.5. The first kappa shape index (κ1) is 24.5. The summed E-state index contributed by atoms with van der Waals surface area (Å²) in [6.45, 7) is 6.31. The molecular weight excluding hydrogens is 483 g/mol. The number of ether oxygens (including phenoxy) is 2.